The SMILES string of the molecule is Cc1ccc(-c2nn(-c3ccc(F)cc3C)cc2N)s1. The first-order valence-electron chi connectivity index (χ1n) is 6.23. The van der Waals surface area contributed by atoms with Crippen molar-refractivity contribution in [3.05, 3.63) is 52.8 Å². The molecule has 20 heavy (non-hydrogen) atoms. The maximum absolute atomic E-state index is 13.2. The highest BCUT2D eigenvalue weighted by molar-refractivity contribution is 7.15. The quantitative estimate of drug-likeness (QED) is 0.776. The monoisotopic (exact) mass is 287 g/mol. The van der Waals surface area contributed by atoms with E-state index in [0.29, 0.717) is 5.69 Å². The maximum Gasteiger partial charge on any atom is 0.126 e. The van der Waals surface area contributed by atoms with Gasteiger partial charge in [-0.05, 0) is 49.7 Å². The van der Waals surface area contributed by atoms with Gasteiger partial charge in [0.2, 0.25) is 0 Å². The zero-order chi connectivity index (χ0) is 14.3. The number of halogens is 1. The smallest absolute Gasteiger partial charge is 0.126 e. The minimum atomic E-state index is -0.250. The Balaban J connectivity index is 2.08. The van der Waals surface area contributed by atoms with Crippen molar-refractivity contribution in [3.63, 3.8) is 0 Å². The van der Waals surface area contributed by atoms with Crippen LogP contribution < -0.4 is 5.73 Å². The lowest BCUT2D eigenvalue weighted by Gasteiger charge is -2.05. The molecule has 102 valence electrons. The summed E-state index contributed by atoms with van der Waals surface area (Å²) in [6.45, 7) is 3.90. The number of anilines is 1. The number of nitrogens with two attached hydrogens (primary N) is 1. The van der Waals surface area contributed by atoms with Gasteiger partial charge in [-0.15, -0.1) is 11.3 Å². The molecule has 2 N–H and O–H groups in total. The van der Waals surface area contributed by atoms with Crippen molar-refractivity contribution < 1.29 is 4.39 Å². The predicted octanol–water partition coefficient (Wildman–Crippen LogP) is 3.94. The van der Waals surface area contributed by atoms with Gasteiger partial charge in [-0.25, -0.2) is 9.07 Å². The number of aromatic nitrogens is 2. The molecule has 1 aromatic carbocycles. The van der Waals surface area contributed by atoms with Gasteiger partial charge in [0.05, 0.1) is 22.4 Å². The lowest BCUT2D eigenvalue weighted by molar-refractivity contribution is 0.625. The molecule has 3 rings (SSSR count). The van der Waals surface area contributed by atoms with E-state index < -0.39 is 0 Å². The molecule has 0 amide bonds. The van der Waals surface area contributed by atoms with Crippen LogP contribution in [0.25, 0.3) is 16.3 Å². The zero-order valence-electron chi connectivity index (χ0n) is 11.2. The Bertz CT molecular complexity index is 773. The van der Waals surface area contributed by atoms with Gasteiger partial charge in [0.25, 0.3) is 0 Å². The van der Waals surface area contributed by atoms with Crippen LogP contribution in [-0.4, -0.2) is 9.78 Å². The van der Waals surface area contributed by atoms with Gasteiger partial charge in [0.15, 0.2) is 0 Å². The van der Waals surface area contributed by atoms with Crippen LogP contribution in [0.4, 0.5) is 10.1 Å². The molecule has 0 saturated heterocycles. The van der Waals surface area contributed by atoms with Gasteiger partial charge < -0.3 is 5.73 Å². The molecule has 0 fully saturated rings. The van der Waals surface area contributed by atoms with E-state index >= 15 is 0 Å². The largest absolute Gasteiger partial charge is 0.396 e. The molecular formula is C15H14FN3S. The van der Waals surface area contributed by atoms with Crippen molar-refractivity contribution in [2.75, 3.05) is 5.73 Å². The fourth-order valence-electron chi connectivity index (χ4n) is 2.14. The maximum atomic E-state index is 13.2. The van der Waals surface area contributed by atoms with Gasteiger partial charge in [-0.3, -0.25) is 0 Å². The summed E-state index contributed by atoms with van der Waals surface area (Å²) in [6.07, 6.45) is 1.77. The average Bonchev–Trinajstić information content (AvgIpc) is 2.95. The fourth-order valence-corrected chi connectivity index (χ4v) is 3.01. The van der Waals surface area contributed by atoms with Gasteiger partial charge in [-0.1, -0.05) is 0 Å². The number of nitrogens with zero attached hydrogens (tertiary/aromatic N) is 2. The highest BCUT2D eigenvalue weighted by Gasteiger charge is 2.12. The van der Waals surface area contributed by atoms with Crippen LogP contribution in [0.2, 0.25) is 0 Å². The first-order valence-corrected chi connectivity index (χ1v) is 7.05. The lowest BCUT2D eigenvalue weighted by Crippen LogP contribution is -1.98. The second-order valence-corrected chi connectivity index (χ2v) is 6.01. The molecular weight excluding hydrogens is 273 g/mol. The molecule has 0 radical (unpaired) electrons. The van der Waals surface area contributed by atoms with E-state index in [2.05, 4.69) is 5.10 Å². The highest BCUT2D eigenvalue weighted by atomic mass is 32.1. The Labute approximate surface area is 120 Å². The van der Waals surface area contributed by atoms with Gasteiger partial charge in [-0.2, -0.15) is 5.10 Å². The van der Waals surface area contributed by atoms with E-state index in [-0.39, 0.29) is 5.82 Å². The first kappa shape index (κ1) is 12.9. The number of benzene rings is 1. The topological polar surface area (TPSA) is 43.8 Å². The standard InChI is InChI=1S/C15H14FN3S/c1-9-7-11(16)4-5-13(9)19-8-12(17)15(18-19)14-6-3-10(2)20-14/h3-8H,17H2,1-2H3. The van der Waals surface area contributed by atoms with Gasteiger partial charge >= 0.3 is 0 Å². The number of thiophene rings is 1. The van der Waals surface area contributed by atoms with E-state index in [1.54, 1.807) is 28.3 Å². The van der Waals surface area contributed by atoms with Crippen LogP contribution in [0.3, 0.4) is 0 Å². The molecule has 0 atom stereocenters. The van der Waals surface area contributed by atoms with E-state index in [1.807, 2.05) is 26.0 Å². The van der Waals surface area contributed by atoms with Crippen molar-refractivity contribution in [1.82, 2.24) is 9.78 Å². The summed E-state index contributed by atoms with van der Waals surface area (Å²) in [5, 5.41) is 4.53. The second kappa shape index (κ2) is 4.76. The Morgan fingerprint density at radius 1 is 1.20 bits per heavy atom. The Hall–Kier alpha value is -2.14. The number of hydrogen-bond acceptors (Lipinski definition) is 3. The van der Waals surface area contributed by atoms with E-state index in [9.17, 15) is 4.39 Å². The third-order valence-electron chi connectivity index (χ3n) is 3.12. The van der Waals surface area contributed by atoms with Gasteiger partial charge in [0, 0.05) is 4.88 Å². The molecule has 0 bridgehead atoms. The van der Waals surface area contributed by atoms with Crippen molar-refractivity contribution in [2.45, 2.75) is 13.8 Å². The van der Waals surface area contributed by atoms with Crippen molar-refractivity contribution >= 4 is 17.0 Å². The third kappa shape index (κ3) is 2.20. The Morgan fingerprint density at radius 3 is 2.65 bits per heavy atom. The second-order valence-electron chi connectivity index (χ2n) is 4.72. The molecule has 0 aliphatic rings. The van der Waals surface area contributed by atoms with E-state index in [1.165, 1.54) is 17.0 Å². The normalized spacial score (nSPS) is 10.9. The van der Waals surface area contributed by atoms with Crippen LogP contribution in [-0.2, 0) is 0 Å². The summed E-state index contributed by atoms with van der Waals surface area (Å²) in [6, 6.07) is 8.68. The third-order valence-corrected chi connectivity index (χ3v) is 4.13. The van der Waals surface area contributed by atoms with Crippen LogP contribution >= 0.6 is 11.3 Å². The number of aryl methyl sites for hydroxylation is 2. The summed E-state index contributed by atoms with van der Waals surface area (Å²) in [5.74, 6) is -0.250. The average molecular weight is 287 g/mol. The van der Waals surface area contributed by atoms with Crippen molar-refractivity contribution in [3.8, 4) is 16.3 Å². The molecule has 0 spiro atoms. The molecule has 0 aliphatic heterocycles. The molecule has 2 heterocycles. The van der Waals surface area contributed by atoms with Crippen molar-refractivity contribution in [1.29, 1.82) is 0 Å². The van der Waals surface area contributed by atoms with Crippen LogP contribution in [0, 0.1) is 19.7 Å². The zero-order valence-corrected chi connectivity index (χ0v) is 12.0. The Kier molecular flexibility index (Phi) is 3.06. The van der Waals surface area contributed by atoms with Gasteiger partial charge in [0.1, 0.15) is 11.5 Å². The van der Waals surface area contributed by atoms with Crippen molar-refractivity contribution in [2.24, 2.45) is 0 Å². The lowest BCUT2D eigenvalue weighted by atomic mass is 10.2. The van der Waals surface area contributed by atoms with Crippen LogP contribution in [0.1, 0.15) is 10.4 Å². The molecule has 0 aliphatic carbocycles. The molecule has 0 saturated carbocycles. The number of rotatable bonds is 2. The predicted molar refractivity (Wildman–Crippen MR) is 80.7 cm³/mol. The molecule has 5 heteroatoms. The summed E-state index contributed by atoms with van der Waals surface area (Å²) in [4.78, 5) is 2.26. The van der Waals surface area contributed by atoms with Crippen LogP contribution in [0.15, 0.2) is 36.5 Å². The molecule has 3 aromatic rings. The highest BCUT2D eigenvalue weighted by Crippen LogP contribution is 2.31. The Morgan fingerprint density at radius 2 is 2.00 bits per heavy atom. The minimum Gasteiger partial charge on any atom is -0.396 e. The number of hydrogen-bond donors (Lipinski definition) is 1. The fraction of sp³-hybridized carbons (Fsp3) is 0.133. The summed E-state index contributed by atoms with van der Waals surface area (Å²) >= 11 is 1.65. The summed E-state index contributed by atoms with van der Waals surface area (Å²) in [5.41, 5.74) is 9.09. The summed E-state index contributed by atoms with van der Waals surface area (Å²) in [7, 11) is 0. The van der Waals surface area contributed by atoms with E-state index in [4.69, 9.17) is 5.73 Å². The molecule has 0 unspecified atom stereocenters. The first-order chi connectivity index (χ1) is 9.54. The molecule has 3 nitrogen and oxygen atoms in total. The minimum absolute atomic E-state index is 0.250. The summed E-state index contributed by atoms with van der Waals surface area (Å²) < 4.78 is 14.9. The molecule has 2 aromatic heterocycles. The van der Waals surface area contributed by atoms with E-state index in [0.717, 1.165) is 21.8 Å². The number of nitrogen functional groups attached to an aromatic ring is 1. The van der Waals surface area contributed by atoms with Crippen LogP contribution in [0.5, 0.6) is 0 Å².